The summed E-state index contributed by atoms with van der Waals surface area (Å²) in [7, 11) is 1.33. The average Bonchev–Trinajstić information content (AvgIpc) is 2.21. The van der Waals surface area contributed by atoms with E-state index in [4.69, 9.17) is 0 Å². The van der Waals surface area contributed by atoms with Gasteiger partial charge in [-0.25, -0.2) is 0 Å². The quantitative estimate of drug-likeness (QED) is 0.488. The van der Waals surface area contributed by atoms with E-state index in [2.05, 4.69) is 0 Å². The number of hydrogen-bond acceptors (Lipinski definition) is 0. The molecule has 0 heterocycles. The van der Waals surface area contributed by atoms with Crippen LogP contribution in [0.4, 0.5) is 0 Å². The third-order valence-corrected chi connectivity index (χ3v) is 5.78. The molecule has 0 spiro atoms. The first kappa shape index (κ1) is 16.1. The maximum atomic E-state index is 1.56. The van der Waals surface area contributed by atoms with Gasteiger partial charge in [0.25, 0.3) is 0 Å². The smallest absolute Gasteiger partial charge is 0 e. The van der Waals surface area contributed by atoms with E-state index in [9.17, 15) is 0 Å². The largest absolute Gasteiger partial charge is 0.116 e. The molecule has 4 radical (unpaired) electrons. The van der Waals surface area contributed by atoms with Crippen LogP contribution in [0.5, 0.6) is 0 Å². The van der Waals surface area contributed by atoms with Crippen molar-refractivity contribution in [3.63, 3.8) is 0 Å². The Kier molecular flexibility index (Phi) is 9.82. The van der Waals surface area contributed by atoms with Crippen LogP contribution in [0.1, 0.15) is 64.2 Å². The molecule has 0 bridgehead atoms. The minimum absolute atomic E-state index is 0. The van der Waals surface area contributed by atoms with Gasteiger partial charge >= 0.3 is 0 Å². The van der Waals surface area contributed by atoms with Crippen LogP contribution >= 0.6 is 8.58 Å². The summed E-state index contributed by atoms with van der Waals surface area (Å²) in [5.41, 5.74) is 2.30. The van der Waals surface area contributed by atoms with Crippen LogP contribution in [0.15, 0.2) is 0 Å². The topological polar surface area (TPSA) is 0 Å². The van der Waals surface area contributed by atoms with Crippen LogP contribution in [0.3, 0.4) is 0 Å². The zero-order valence-corrected chi connectivity index (χ0v) is 11.3. The Morgan fingerprint density at radius 1 is 0.600 bits per heavy atom. The maximum Gasteiger partial charge on any atom is 0 e. The van der Waals surface area contributed by atoms with Crippen LogP contribution in [0.2, 0.25) is 0 Å². The first-order valence-electron chi connectivity index (χ1n) is 6.21. The van der Waals surface area contributed by atoms with E-state index < -0.39 is 0 Å². The molecule has 80 valence electrons. The fraction of sp³-hybridized carbons (Fsp3) is 1.00. The van der Waals surface area contributed by atoms with Gasteiger partial charge in [0.2, 0.25) is 0 Å². The zero-order chi connectivity index (χ0) is 8.93. The Hall–Kier alpha value is 1.09. The van der Waals surface area contributed by atoms with Crippen molar-refractivity contribution in [2.75, 3.05) is 0 Å². The van der Waals surface area contributed by atoms with Gasteiger partial charge in [-0.3, -0.25) is 0 Å². The first-order chi connectivity index (χ1) is 6.45. The van der Waals surface area contributed by atoms with E-state index >= 15 is 0 Å². The SMILES string of the molecule is C1CCC(PC2CCCCC2)CC1.[B].[Li]. The molecule has 0 saturated heterocycles. The fourth-order valence-corrected chi connectivity index (χ4v) is 5.02. The van der Waals surface area contributed by atoms with Crippen molar-refractivity contribution < 1.29 is 0 Å². The van der Waals surface area contributed by atoms with E-state index in [1.54, 1.807) is 25.7 Å². The predicted molar refractivity (Wildman–Crippen MR) is 73.6 cm³/mol. The van der Waals surface area contributed by atoms with E-state index in [1.165, 1.54) is 47.1 Å². The van der Waals surface area contributed by atoms with Crippen molar-refractivity contribution in [2.24, 2.45) is 0 Å². The van der Waals surface area contributed by atoms with E-state index in [1.807, 2.05) is 0 Å². The Morgan fingerprint density at radius 3 is 1.27 bits per heavy atom. The van der Waals surface area contributed by atoms with E-state index in [-0.39, 0.29) is 27.3 Å². The van der Waals surface area contributed by atoms with Crippen molar-refractivity contribution >= 4 is 35.9 Å². The molecule has 0 nitrogen and oxygen atoms in total. The zero-order valence-electron chi connectivity index (χ0n) is 10.3. The van der Waals surface area contributed by atoms with Gasteiger partial charge in [0.1, 0.15) is 0 Å². The molecule has 2 fully saturated rings. The molecule has 2 aliphatic rings. The standard InChI is InChI=1S/C12H23P.B.Li/c1-3-7-11(8-4-1)13-12-9-5-2-6-10-12;;/h11-13H,1-10H2;;. The first-order valence-corrected chi connectivity index (χ1v) is 7.37. The molecular weight excluding hydrogens is 193 g/mol. The van der Waals surface area contributed by atoms with Crippen LogP contribution in [0, 0.1) is 0 Å². The molecule has 3 heteroatoms. The molecule has 0 atom stereocenters. The van der Waals surface area contributed by atoms with Gasteiger partial charge in [-0.1, -0.05) is 38.5 Å². The molecule has 0 aromatic carbocycles. The van der Waals surface area contributed by atoms with Crippen LogP contribution in [-0.4, -0.2) is 38.6 Å². The summed E-state index contributed by atoms with van der Waals surface area (Å²) >= 11 is 0. The summed E-state index contributed by atoms with van der Waals surface area (Å²) in [6.07, 6.45) is 15.4. The Morgan fingerprint density at radius 2 is 0.933 bits per heavy atom. The molecule has 15 heavy (non-hydrogen) atoms. The molecule has 0 aromatic heterocycles. The van der Waals surface area contributed by atoms with Gasteiger partial charge in [-0.05, 0) is 37.0 Å². The Labute approximate surface area is 111 Å². The summed E-state index contributed by atoms with van der Waals surface area (Å²) in [5.74, 6) is 0. The molecule has 0 aliphatic heterocycles. The molecule has 2 rings (SSSR count). The van der Waals surface area contributed by atoms with Crippen LogP contribution in [-0.2, 0) is 0 Å². The molecule has 0 amide bonds. The van der Waals surface area contributed by atoms with Gasteiger partial charge in [0.05, 0.1) is 0 Å². The molecule has 2 saturated carbocycles. The summed E-state index contributed by atoms with van der Waals surface area (Å²) in [5, 5.41) is 0. The third kappa shape index (κ3) is 5.81. The normalized spacial score (nSPS) is 24.0. The molecule has 0 aromatic rings. The van der Waals surface area contributed by atoms with Crippen molar-refractivity contribution in [1.82, 2.24) is 0 Å². The second-order valence-corrected chi connectivity index (χ2v) is 6.80. The summed E-state index contributed by atoms with van der Waals surface area (Å²) in [4.78, 5) is 0. The summed E-state index contributed by atoms with van der Waals surface area (Å²) in [6, 6.07) is 0. The predicted octanol–water partition coefficient (Wildman–Crippen LogP) is 3.57. The Bertz CT molecular complexity index is 127. The maximum absolute atomic E-state index is 1.56. The Balaban J connectivity index is 0.000000980. The van der Waals surface area contributed by atoms with E-state index in [0.29, 0.717) is 0 Å². The molecule has 0 unspecified atom stereocenters. The molecular formula is C12H23BLiP. The summed E-state index contributed by atoms with van der Waals surface area (Å²) < 4.78 is 0. The van der Waals surface area contributed by atoms with Gasteiger partial charge in [-0.15, -0.1) is 8.58 Å². The number of hydrogen-bond donors (Lipinski definition) is 0. The minimum atomic E-state index is 0. The number of rotatable bonds is 2. The van der Waals surface area contributed by atoms with Gasteiger partial charge in [0.15, 0.2) is 0 Å². The second-order valence-electron chi connectivity index (χ2n) is 4.84. The minimum Gasteiger partial charge on any atom is -0.116 e. The fourth-order valence-electron chi connectivity index (χ4n) is 2.87. The van der Waals surface area contributed by atoms with E-state index in [0.717, 1.165) is 11.3 Å². The second kappa shape index (κ2) is 9.16. The van der Waals surface area contributed by atoms with Crippen molar-refractivity contribution in [3.05, 3.63) is 0 Å². The van der Waals surface area contributed by atoms with Crippen LogP contribution in [0.25, 0.3) is 0 Å². The molecule has 0 N–H and O–H groups in total. The monoisotopic (exact) mass is 216 g/mol. The van der Waals surface area contributed by atoms with Crippen molar-refractivity contribution in [3.8, 4) is 0 Å². The average molecular weight is 216 g/mol. The molecule has 2 aliphatic carbocycles. The van der Waals surface area contributed by atoms with Crippen LogP contribution < -0.4 is 0 Å². The third-order valence-electron chi connectivity index (χ3n) is 3.68. The summed E-state index contributed by atoms with van der Waals surface area (Å²) in [6.45, 7) is 0. The van der Waals surface area contributed by atoms with Gasteiger partial charge in [-0.2, -0.15) is 0 Å². The van der Waals surface area contributed by atoms with Crippen molar-refractivity contribution in [2.45, 2.75) is 75.5 Å². The van der Waals surface area contributed by atoms with Gasteiger partial charge < -0.3 is 0 Å². The van der Waals surface area contributed by atoms with Crippen molar-refractivity contribution in [1.29, 1.82) is 0 Å². The van der Waals surface area contributed by atoms with Gasteiger partial charge in [0, 0.05) is 27.3 Å².